The van der Waals surface area contributed by atoms with Crippen LogP contribution in [0.2, 0.25) is 0 Å². The van der Waals surface area contributed by atoms with Crippen LogP contribution in [0, 0.1) is 0 Å². The van der Waals surface area contributed by atoms with E-state index < -0.39 is 17.9 Å². The highest BCUT2D eigenvalue weighted by Crippen LogP contribution is 1.94. The number of rotatable bonds is 3. The van der Waals surface area contributed by atoms with Crippen LogP contribution in [0.25, 0.3) is 0 Å². The Morgan fingerprint density at radius 3 is 1.57 bits per heavy atom. The standard InChI is InChI=1S/C6H6O4.C2H4O2/c1-2-4(6(9)10)3-5(7)8;1-2(3)4/h2-3H,1H2,(H,7,8)(H,9,10);1H3,(H,3,4). The smallest absolute Gasteiger partial charge is 0.335 e. The Kier molecular flexibility index (Phi) is 7.76. The summed E-state index contributed by atoms with van der Waals surface area (Å²) in [6.07, 6.45) is 1.55. The molecular weight excluding hydrogens is 192 g/mol. The summed E-state index contributed by atoms with van der Waals surface area (Å²) in [6, 6.07) is 0. The summed E-state index contributed by atoms with van der Waals surface area (Å²) in [6.45, 7) is 4.21. The molecule has 14 heavy (non-hydrogen) atoms. The molecule has 0 bridgehead atoms. The fraction of sp³-hybridized carbons (Fsp3) is 0.125. The number of carboxylic acid groups (broad SMARTS) is 3. The zero-order chi connectivity index (χ0) is 11.7. The number of hydrogen-bond donors (Lipinski definition) is 3. The van der Waals surface area contributed by atoms with Crippen LogP contribution in [0.15, 0.2) is 24.3 Å². The topological polar surface area (TPSA) is 112 Å². The van der Waals surface area contributed by atoms with Crippen LogP contribution in [0.3, 0.4) is 0 Å². The van der Waals surface area contributed by atoms with Crippen molar-refractivity contribution >= 4 is 17.9 Å². The van der Waals surface area contributed by atoms with Crippen molar-refractivity contribution in [3.8, 4) is 0 Å². The van der Waals surface area contributed by atoms with Crippen molar-refractivity contribution in [3.63, 3.8) is 0 Å². The Morgan fingerprint density at radius 1 is 1.14 bits per heavy atom. The van der Waals surface area contributed by atoms with Gasteiger partial charge in [0.05, 0.1) is 5.57 Å². The molecule has 78 valence electrons. The quantitative estimate of drug-likeness (QED) is 0.450. The van der Waals surface area contributed by atoms with Crippen LogP contribution in [-0.4, -0.2) is 33.2 Å². The third kappa shape index (κ3) is 12.6. The van der Waals surface area contributed by atoms with Crippen LogP contribution in [0.5, 0.6) is 0 Å². The summed E-state index contributed by atoms with van der Waals surface area (Å²) >= 11 is 0. The van der Waals surface area contributed by atoms with Crippen molar-refractivity contribution in [3.05, 3.63) is 24.3 Å². The van der Waals surface area contributed by atoms with Crippen molar-refractivity contribution in [2.45, 2.75) is 6.92 Å². The highest BCUT2D eigenvalue weighted by atomic mass is 16.4. The normalized spacial score (nSPS) is 9.36. The van der Waals surface area contributed by atoms with Gasteiger partial charge < -0.3 is 15.3 Å². The van der Waals surface area contributed by atoms with Crippen molar-refractivity contribution in [2.24, 2.45) is 0 Å². The number of hydrogen-bond acceptors (Lipinski definition) is 3. The van der Waals surface area contributed by atoms with E-state index in [0.717, 1.165) is 13.0 Å². The molecule has 6 nitrogen and oxygen atoms in total. The first-order valence-electron chi connectivity index (χ1n) is 3.31. The van der Waals surface area contributed by atoms with Gasteiger partial charge in [0.25, 0.3) is 5.97 Å². The molecule has 0 heterocycles. The van der Waals surface area contributed by atoms with Gasteiger partial charge >= 0.3 is 11.9 Å². The molecule has 0 fully saturated rings. The van der Waals surface area contributed by atoms with Gasteiger partial charge in [-0.3, -0.25) is 4.79 Å². The van der Waals surface area contributed by atoms with Gasteiger partial charge in [-0.05, 0) is 0 Å². The van der Waals surface area contributed by atoms with Gasteiger partial charge in [-0.25, -0.2) is 9.59 Å². The van der Waals surface area contributed by atoms with E-state index in [0.29, 0.717) is 6.08 Å². The van der Waals surface area contributed by atoms with Crippen molar-refractivity contribution in [1.29, 1.82) is 0 Å². The average Bonchev–Trinajstić information content (AvgIpc) is 1.98. The molecule has 0 aromatic rings. The maximum Gasteiger partial charge on any atom is 0.335 e. The first kappa shape index (κ1) is 14.4. The van der Waals surface area contributed by atoms with Crippen LogP contribution in [0.4, 0.5) is 0 Å². The second-order valence-electron chi connectivity index (χ2n) is 1.97. The van der Waals surface area contributed by atoms with Crippen molar-refractivity contribution in [2.75, 3.05) is 0 Å². The maximum atomic E-state index is 10.1. The van der Waals surface area contributed by atoms with Gasteiger partial charge in [0.15, 0.2) is 0 Å². The van der Waals surface area contributed by atoms with E-state index in [9.17, 15) is 9.59 Å². The molecule has 6 heteroatoms. The van der Waals surface area contributed by atoms with E-state index in [1.165, 1.54) is 0 Å². The molecule has 0 aliphatic carbocycles. The van der Waals surface area contributed by atoms with Crippen LogP contribution >= 0.6 is 0 Å². The summed E-state index contributed by atoms with van der Waals surface area (Å²) in [5.74, 6) is -3.42. The number of aliphatic carboxylic acids is 3. The Labute approximate surface area is 79.8 Å². The molecule has 0 aliphatic rings. The van der Waals surface area contributed by atoms with Crippen molar-refractivity contribution in [1.82, 2.24) is 0 Å². The van der Waals surface area contributed by atoms with E-state index in [1.807, 2.05) is 0 Å². The molecule has 0 aliphatic heterocycles. The van der Waals surface area contributed by atoms with Gasteiger partial charge in [0.1, 0.15) is 0 Å². The lowest BCUT2D eigenvalue weighted by atomic mass is 10.2. The molecule has 0 rings (SSSR count). The fourth-order valence-corrected chi connectivity index (χ4v) is 0.341. The van der Waals surface area contributed by atoms with E-state index >= 15 is 0 Å². The molecule has 0 spiro atoms. The lowest BCUT2D eigenvalue weighted by Gasteiger charge is -1.88. The highest BCUT2D eigenvalue weighted by Gasteiger charge is 2.03. The third-order valence-corrected chi connectivity index (χ3v) is 0.746. The molecule has 0 amide bonds. The predicted molar refractivity (Wildman–Crippen MR) is 46.9 cm³/mol. The Bertz CT molecular complexity index is 272. The fourth-order valence-electron chi connectivity index (χ4n) is 0.341. The van der Waals surface area contributed by atoms with Crippen molar-refractivity contribution < 1.29 is 29.7 Å². The summed E-state index contributed by atoms with van der Waals surface area (Å²) in [5.41, 5.74) is -0.326. The number of carboxylic acids is 3. The molecule has 0 unspecified atom stereocenters. The second-order valence-corrected chi connectivity index (χ2v) is 1.97. The van der Waals surface area contributed by atoms with E-state index in [-0.39, 0.29) is 5.57 Å². The summed E-state index contributed by atoms with van der Waals surface area (Å²) in [7, 11) is 0. The lowest BCUT2D eigenvalue weighted by molar-refractivity contribution is -0.134. The molecule has 0 saturated heterocycles. The minimum absolute atomic E-state index is 0.326. The molecule has 0 aromatic carbocycles. The molecule has 3 N–H and O–H groups in total. The summed E-state index contributed by atoms with van der Waals surface area (Å²) < 4.78 is 0. The Hall–Kier alpha value is -2.11. The SMILES string of the molecule is C=CC(=CC(=O)O)C(=O)O.CC(=O)O. The van der Waals surface area contributed by atoms with Gasteiger partial charge in [-0.15, -0.1) is 0 Å². The molecule has 0 aromatic heterocycles. The first-order valence-corrected chi connectivity index (χ1v) is 3.31. The van der Waals surface area contributed by atoms with Crippen LogP contribution in [-0.2, 0) is 14.4 Å². The second kappa shape index (κ2) is 7.53. The van der Waals surface area contributed by atoms with Gasteiger partial charge in [0, 0.05) is 13.0 Å². The van der Waals surface area contributed by atoms with E-state index in [2.05, 4.69) is 6.58 Å². The molecule has 0 radical (unpaired) electrons. The minimum Gasteiger partial charge on any atom is -0.481 e. The van der Waals surface area contributed by atoms with E-state index in [1.54, 1.807) is 0 Å². The summed E-state index contributed by atoms with van der Waals surface area (Å²) in [5, 5.41) is 23.7. The lowest BCUT2D eigenvalue weighted by Crippen LogP contribution is -2.00. The highest BCUT2D eigenvalue weighted by molar-refractivity contribution is 5.96. The zero-order valence-corrected chi connectivity index (χ0v) is 7.43. The zero-order valence-electron chi connectivity index (χ0n) is 7.43. The Morgan fingerprint density at radius 2 is 1.50 bits per heavy atom. The molecule has 0 atom stereocenters. The third-order valence-electron chi connectivity index (χ3n) is 0.746. The number of carbonyl (C=O) groups is 3. The predicted octanol–water partition coefficient (Wildman–Crippen LogP) is 0.359. The van der Waals surface area contributed by atoms with Gasteiger partial charge in [0.2, 0.25) is 0 Å². The minimum atomic E-state index is -1.29. The first-order chi connectivity index (χ1) is 6.31. The van der Waals surface area contributed by atoms with Crippen LogP contribution < -0.4 is 0 Å². The Balaban J connectivity index is 0. The average molecular weight is 202 g/mol. The monoisotopic (exact) mass is 202 g/mol. The molecule has 0 saturated carbocycles. The largest absolute Gasteiger partial charge is 0.481 e. The molecular formula is C8H10O6. The summed E-state index contributed by atoms with van der Waals surface area (Å²) in [4.78, 5) is 28.9. The van der Waals surface area contributed by atoms with Gasteiger partial charge in [-0.2, -0.15) is 0 Å². The van der Waals surface area contributed by atoms with Gasteiger partial charge in [-0.1, -0.05) is 12.7 Å². The van der Waals surface area contributed by atoms with Crippen LogP contribution in [0.1, 0.15) is 6.92 Å². The van der Waals surface area contributed by atoms with E-state index in [4.69, 9.17) is 20.1 Å². The maximum absolute atomic E-state index is 10.1.